The number of amidine groups is 1. The van der Waals surface area contributed by atoms with E-state index < -0.39 is 23.3 Å². The van der Waals surface area contributed by atoms with Gasteiger partial charge in [-0.05, 0) is 85.5 Å². The number of nitriles is 1. The third kappa shape index (κ3) is 4.85. The average molecular weight is 516 g/mol. The summed E-state index contributed by atoms with van der Waals surface area (Å²) in [5, 5.41) is 21.4. The number of rotatable bonds is 8. The molecule has 1 saturated heterocycles. The first-order chi connectivity index (χ1) is 18.1. The van der Waals surface area contributed by atoms with Gasteiger partial charge in [-0.2, -0.15) is 5.26 Å². The van der Waals surface area contributed by atoms with E-state index in [1.165, 1.54) is 0 Å². The first kappa shape index (κ1) is 26.8. The summed E-state index contributed by atoms with van der Waals surface area (Å²) in [5.41, 5.74) is 20.4. The van der Waals surface area contributed by atoms with Crippen molar-refractivity contribution in [2.24, 2.45) is 17.2 Å². The summed E-state index contributed by atoms with van der Waals surface area (Å²) < 4.78 is 0. The van der Waals surface area contributed by atoms with Gasteiger partial charge in [-0.15, -0.1) is 0 Å². The van der Waals surface area contributed by atoms with Crippen LogP contribution in [0.5, 0.6) is 0 Å². The molecular formula is C28H33N7O3. The molecule has 2 aliphatic rings. The number of primary amides is 2. The molecule has 2 aromatic rings. The topological polar surface area (TPSA) is 192 Å². The Bertz CT molecular complexity index is 1280. The van der Waals surface area contributed by atoms with Crippen molar-refractivity contribution in [3.63, 3.8) is 0 Å². The first-order valence-corrected chi connectivity index (χ1v) is 12.7. The van der Waals surface area contributed by atoms with Crippen LogP contribution in [0.3, 0.4) is 0 Å². The van der Waals surface area contributed by atoms with Crippen LogP contribution in [0, 0.1) is 16.7 Å². The second kappa shape index (κ2) is 10.6. The normalized spacial score (nSPS) is 18.4. The molecule has 8 N–H and O–H groups in total. The molecule has 1 heterocycles. The van der Waals surface area contributed by atoms with Crippen LogP contribution < -0.4 is 22.5 Å². The van der Waals surface area contributed by atoms with Crippen molar-refractivity contribution < 1.29 is 14.4 Å². The first-order valence-electron chi connectivity index (χ1n) is 12.7. The zero-order valence-corrected chi connectivity index (χ0v) is 21.4. The number of fused-ring (bicyclic) bond motifs is 2. The Hall–Kier alpha value is -4.23. The fourth-order valence-electron chi connectivity index (χ4n) is 5.87. The van der Waals surface area contributed by atoms with Crippen molar-refractivity contribution in [3.05, 3.63) is 69.8 Å². The van der Waals surface area contributed by atoms with Gasteiger partial charge in [0.2, 0.25) is 17.7 Å². The Labute approximate surface area is 221 Å². The van der Waals surface area contributed by atoms with E-state index in [0.717, 1.165) is 28.7 Å². The number of carbonyl (C=O) groups is 3. The van der Waals surface area contributed by atoms with Crippen molar-refractivity contribution in [2.45, 2.75) is 56.5 Å². The standard InChI is InChI=1S/C28H33N7O3/c1-16(34-15-24(36)35-10-2-3-21(35)14-29)13-28(27(32)33)22-8-6-19(25(30)37)11-17(22)4-5-18-12-20(26(31)38)7-9-23(18)28/h6-9,11-12,16,21,34H,2-5,10,13,15H2,1H3,(H2,30,37)(H2,31,38)(H3,32,33)/t16-,21?/m1/s1. The lowest BCUT2D eigenvalue weighted by Gasteiger charge is -2.38. The summed E-state index contributed by atoms with van der Waals surface area (Å²) in [5.74, 6) is -1.34. The number of benzene rings is 2. The third-order valence-corrected chi connectivity index (χ3v) is 7.76. The zero-order chi connectivity index (χ0) is 27.6. The molecule has 10 nitrogen and oxygen atoms in total. The van der Waals surface area contributed by atoms with Crippen molar-refractivity contribution in [1.29, 1.82) is 10.7 Å². The van der Waals surface area contributed by atoms with E-state index in [2.05, 4.69) is 11.4 Å². The Morgan fingerprint density at radius 2 is 1.63 bits per heavy atom. The van der Waals surface area contributed by atoms with Crippen LogP contribution >= 0.6 is 0 Å². The highest BCUT2D eigenvalue weighted by Crippen LogP contribution is 2.43. The van der Waals surface area contributed by atoms with E-state index in [9.17, 15) is 19.6 Å². The van der Waals surface area contributed by atoms with E-state index in [0.29, 0.717) is 43.4 Å². The number of nitrogens with two attached hydrogens (primary N) is 3. The smallest absolute Gasteiger partial charge is 0.248 e. The Balaban J connectivity index is 1.74. The predicted octanol–water partition coefficient (Wildman–Crippen LogP) is 1.09. The fraction of sp³-hybridized carbons (Fsp3) is 0.393. The minimum absolute atomic E-state index is 0.0499. The summed E-state index contributed by atoms with van der Waals surface area (Å²) in [6.45, 7) is 2.54. The molecule has 0 bridgehead atoms. The highest BCUT2D eigenvalue weighted by atomic mass is 16.2. The van der Waals surface area contributed by atoms with Crippen LogP contribution in [0.15, 0.2) is 36.4 Å². The SMILES string of the molecule is C[C@H](CC1(C(=N)N)c2ccc(C(N)=O)cc2CCc2cc(C(N)=O)ccc21)NCC(=O)N1CCCC1C#N. The molecule has 38 heavy (non-hydrogen) atoms. The number of aryl methyl sites for hydroxylation is 2. The molecule has 0 aromatic heterocycles. The van der Waals surface area contributed by atoms with Crippen LogP contribution in [0.4, 0.5) is 0 Å². The monoisotopic (exact) mass is 515 g/mol. The van der Waals surface area contributed by atoms with Crippen LogP contribution in [-0.2, 0) is 23.1 Å². The van der Waals surface area contributed by atoms with Gasteiger partial charge >= 0.3 is 0 Å². The van der Waals surface area contributed by atoms with Gasteiger partial charge in [-0.3, -0.25) is 19.8 Å². The van der Waals surface area contributed by atoms with E-state index in [4.69, 9.17) is 22.6 Å². The molecule has 3 amide bonds. The molecule has 0 saturated carbocycles. The van der Waals surface area contributed by atoms with Crippen molar-refractivity contribution in [3.8, 4) is 6.07 Å². The maximum atomic E-state index is 12.8. The number of nitrogens with one attached hydrogen (secondary N) is 2. The molecule has 10 heteroatoms. The molecule has 1 fully saturated rings. The fourth-order valence-corrected chi connectivity index (χ4v) is 5.87. The number of carbonyl (C=O) groups excluding carboxylic acids is 3. The second-order valence-electron chi connectivity index (χ2n) is 10.2. The molecule has 0 spiro atoms. The maximum absolute atomic E-state index is 12.8. The van der Waals surface area contributed by atoms with Gasteiger partial charge in [0, 0.05) is 23.7 Å². The number of likely N-dealkylation sites (tertiary alicyclic amines) is 1. The van der Waals surface area contributed by atoms with Gasteiger partial charge < -0.3 is 27.4 Å². The Morgan fingerprint density at radius 1 is 1.08 bits per heavy atom. The minimum atomic E-state index is -1.09. The average Bonchev–Trinajstić information content (AvgIpc) is 3.33. The second-order valence-corrected chi connectivity index (χ2v) is 10.2. The summed E-state index contributed by atoms with van der Waals surface area (Å²) in [6, 6.07) is 11.9. The van der Waals surface area contributed by atoms with Gasteiger partial charge in [-0.1, -0.05) is 12.1 Å². The number of hydrogen-bond acceptors (Lipinski definition) is 6. The number of hydrogen-bond donors (Lipinski definition) is 5. The molecule has 2 atom stereocenters. The quantitative estimate of drug-likeness (QED) is 0.258. The molecule has 1 aliphatic carbocycles. The van der Waals surface area contributed by atoms with Crippen LogP contribution in [-0.4, -0.2) is 53.6 Å². The lowest BCUT2D eigenvalue weighted by molar-refractivity contribution is -0.130. The maximum Gasteiger partial charge on any atom is 0.248 e. The number of nitrogens with zero attached hydrogens (tertiary/aromatic N) is 2. The highest BCUT2D eigenvalue weighted by Gasteiger charge is 2.44. The molecule has 1 aliphatic heterocycles. The Morgan fingerprint density at radius 3 is 2.11 bits per heavy atom. The van der Waals surface area contributed by atoms with E-state index in [1.54, 1.807) is 41.3 Å². The largest absolute Gasteiger partial charge is 0.387 e. The molecule has 0 radical (unpaired) electrons. The molecule has 198 valence electrons. The number of amides is 3. The van der Waals surface area contributed by atoms with E-state index >= 15 is 0 Å². The lowest BCUT2D eigenvalue weighted by atomic mass is 9.67. The summed E-state index contributed by atoms with van der Waals surface area (Å²) >= 11 is 0. The molecule has 4 rings (SSSR count). The van der Waals surface area contributed by atoms with E-state index in [-0.39, 0.29) is 24.3 Å². The van der Waals surface area contributed by atoms with Crippen LogP contribution in [0.2, 0.25) is 0 Å². The van der Waals surface area contributed by atoms with Gasteiger partial charge in [-0.25, -0.2) is 0 Å². The van der Waals surface area contributed by atoms with Crippen LogP contribution in [0.25, 0.3) is 0 Å². The van der Waals surface area contributed by atoms with Crippen LogP contribution in [0.1, 0.15) is 69.2 Å². The van der Waals surface area contributed by atoms with E-state index in [1.807, 2.05) is 6.92 Å². The van der Waals surface area contributed by atoms with Gasteiger partial charge in [0.1, 0.15) is 11.9 Å². The third-order valence-electron chi connectivity index (χ3n) is 7.76. The molecular weight excluding hydrogens is 482 g/mol. The predicted molar refractivity (Wildman–Crippen MR) is 142 cm³/mol. The highest BCUT2D eigenvalue weighted by molar-refractivity contribution is 5.97. The van der Waals surface area contributed by atoms with Gasteiger partial charge in [0.25, 0.3) is 0 Å². The Kier molecular flexibility index (Phi) is 7.51. The molecule has 2 aromatic carbocycles. The van der Waals surface area contributed by atoms with Gasteiger partial charge in [0.05, 0.1) is 18.0 Å². The van der Waals surface area contributed by atoms with Crippen molar-refractivity contribution in [1.82, 2.24) is 10.2 Å². The summed E-state index contributed by atoms with van der Waals surface area (Å²) in [4.78, 5) is 38.3. The summed E-state index contributed by atoms with van der Waals surface area (Å²) in [6.07, 6.45) is 2.92. The minimum Gasteiger partial charge on any atom is -0.387 e. The van der Waals surface area contributed by atoms with Crippen molar-refractivity contribution >= 4 is 23.6 Å². The zero-order valence-electron chi connectivity index (χ0n) is 21.4. The van der Waals surface area contributed by atoms with Gasteiger partial charge in [0.15, 0.2) is 0 Å². The van der Waals surface area contributed by atoms with Crippen molar-refractivity contribution in [2.75, 3.05) is 13.1 Å². The molecule has 1 unspecified atom stereocenters. The summed E-state index contributed by atoms with van der Waals surface area (Å²) in [7, 11) is 0. The lowest BCUT2D eigenvalue weighted by Crippen LogP contribution is -2.49.